The molecule has 1 heterocycles. The Bertz CT molecular complexity index is 567. The van der Waals surface area contributed by atoms with Crippen molar-refractivity contribution in [1.82, 2.24) is 5.32 Å². The third-order valence-electron chi connectivity index (χ3n) is 3.63. The molecule has 1 aliphatic rings. The van der Waals surface area contributed by atoms with Crippen molar-refractivity contribution in [3.8, 4) is 5.75 Å². The SMILES string of the molecule is CSc1ccc(CNC2COc3ccccc3C2)cc1. The van der Waals surface area contributed by atoms with E-state index in [2.05, 4.69) is 48.0 Å². The van der Waals surface area contributed by atoms with Gasteiger partial charge in [0.15, 0.2) is 0 Å². The van der Waals surface area contributed by atoms with Gasteiger partial charge >= 0.3 is 0 Å². The molecule has 2 aromatic carbocycles. The van der Waals surface area contributed by atoms with E-state index < -0.39 is 0 Å². The highest BCUT2D eigenvalue weighted by atomic mass is 32.2. The molecule has 0 fully saturated rings. The highest BCUT2D eigenvalue weighted by molar-refractivity contribution is 7.98. The first kappa shape index (κ1) is 13.5. The Morgan fingerprint density at radius 3 is 2.75 bits per heavy atom. The summed E-state index contributed by atoms with van der Waals surface area (Å²) in [5, 5.41) is 3.58. The van der Waals surface area contributed by atoms with Gasteiger partial charge in [0.2, 0.25) is 0 Å². The van der Waals surface area contributed by atoms with E-state index in [1.54, 1.807) is 11.8 Å². The predicted molar refractivity (Wildman–Crippen MR) is 84.5 cm³/mol. The topological polar surface area (TPSA) is 21.3 Å². The lowest BCUT2D eigenvalue weighted by Crippen LogP contribution is -2.38. The summed E-state index contributed by atoms with van der Waals surface area (Å²) in [7, 11) is 0. The third-order valence-corrected chi connectivity index (χ3v) is 4.38. The van der Waals surface area contributed by atoms with Gasteiger partial charge in [-0.3, -0.25) is 0 Å². The summed E-state index contributed by atoms with van der Waals surface area (Å²) in [6, 6.07) is 17.4. The van der Waals surface area contributed by atoms with Crippen molar-refractivity contribution in [1.29, 1.82) is 0 Å². The van der Waals surface area contributed by atoms with Crippen LogP contribution in [-0.4, -0.2) is 18.9 Å². The van der Waals surface area contributed by atoms with Crippen molar-refractivity contribution in [2.45, 2.75) is 23.9 Å². The lowest BCUT2D eigenvalue weighted by atomic mass is 10.0. The first-order valence-corrected chi connectivity index (χ1v) is 8.14. The summed E-state index contributed by atoms with van der Waals surface area (Å²) in [5.74, 6) is 1.04. The van der Waals surface area contributed by atoms with Crippen LogP contribution in [0.1, 0.15) is 11.1 Å². The van der Waals surface area contributed by atoms with Gasteiger partial charge in [0.25, 0.3) is 0 Å². The van der Waals surface area contributed by atoms with Crippen LogP contribution < -0.4 is 10.1 Å². The molecule has 3 rings (SSSR count). The van der Waals surface area contributed by atoms with Crippen molar-refractivity contribution in [3.63, 3.8) is 0 Å². The van der Waals surface area contributed by atoms with Crippen LogP contribution in [0, 0.1) is 0 Å². The van der Waals surface area contributed by atoms with Gasteiger partial charge in [0.05, 0.1) is 0 Å². The molecule has 1 atom stereocenters. The monoisotopic (exact) mass is 285 g/mol. The standard InChI is InChI=1S/C17H19NOS/c1-20-16-8-6-13(7-9-16)11-18-15-10-14-4-2-3-5-17(14)19-12-15/h2-9,15,18H,10-12H2,1H3. The first-order chi connectivity index (χ1) is 9.85. The molecule has 0 saturated heterocycles. The van der Waals surface area contributed by atoms with Gasteiger partial charge in [-0.05, 0) is 42.0 Å². The molecule has 0 aliphatic carbocycles. The molecule has 1 unspecified atom stereocenters. The molecule has 1 aliphatic heterocycles. The van der Waals surface area contributed by atoms with Crippen LogP contribution in [0.3, 0.4) is 0 Å². The largest absolute Gasteiger partial charge is 0.492 e. The van der Waals surface area contributed by atoms with Crippen molar-refractivity contribution >= 4 is 11.8 Å². The number of hydrogen-bond acceptors (Lipinski definition) is 3. The molecule has 0 radical (unpaired) electrons. The Hall–Kier alpha value is -1.45. The molecule has 0 bridgehead atoms. The highest BCUT2D eigenvalue weighted by Crippen LogP contribution is 2.24. The second-order valence-electron chi connectivity index (χ2n) is 5.05. The fraction of sp³-hybridized carbons (Fsp3) is 0.294. The minimum absolute atomic E-state index is 0.394. The van der Waals surface area contributed by atoms with E-state index >= 15 is 0 Å². The predicted octanol–water partition coefficient (Wildman–Crippen LogP) is 3.50. The van der Waals surface area contributed by atoms with Crippen LogP contribution in [0.5, 0.6) is 5.75 Å². The lowest BCUT2D eigenvalue weighted by Gasteiger charge is -2.26. The highest BCUT2D eigenvalue weighted by Gasteiger charge is 2.18. The zero-order chi connectivity index (χ0) is 13.8. The number of rotatable bonds is 4. The molecule has 2 aromatic rings. The van der Waals surface area contributed by atoms with E-state index in [4.69, 9.17) is 4.74 Å². The second kappa shape index (κ2) is 6.33. The minimum atomic E-state index is 0.394. The van der Waals surface area contributed by atoms with Crippen LogP contribution in [0.2, 0.25) is 0 Å². The van der Waals surface area contributed by atoms with E-state index in [0.29, 0.717) is 6.04 Å². The summed E-state index contributed by atoms with van der Waals surface area (Å²) in [4.78, 5) is 1.31. The van der Waals surface area contributed by atoms with Gasteiger partial charge in [-0.15, -0.1) is 11.8 Å². The first-order valence-electron chi connectivity index (χ1n) is 6.92. The molecule has 0 saturated carbocycles. The zero-order valence-electron chi connectivity index (χ0n) is 11.6. The van der Waals surface area contributed by atoms with Crippen molar-refractivity contribution < 1.29 is 4.74 Å². The molecule has 1 N–H and O–H groups in total. The number of para-hydroxylation sites is 1. The van der Waals surface area contributed by atoms with Crippen LogP contribution in [0.25, 0.3) is 0 Å². The fourth-order valence-corrected chi connectivity index (χ4v) is 2.87. The molecular formula is C17H19NOS. The second-order valence-corrected chi connectivity index (χ2v) is 5.93. The van der Waals surface area contributed by atoms with Gasteiger partial charge in [-0.1, -0.05) is 30.3 Å². The molecular weight excluding hydrogens is 266 g/mol. The fourth-order valence-electron chi connectivity index (χ4n) is 2.46. The lowest BCUT2D eigenvalue weighted by molar-refractivity contribution is 0.238. The number of fused-ring (bicyclic) bond motifs is 1. The smallest absolute Gasteiger partial charge is 0.122 e. The molecule has 104 valence electrons. The van der Waals surface area contributed by atoms with Crippen molar-refractivity contribution in [2.24, 2.45) is 0 Å². The summed E-state index contributed by atoms with van der Waals surface area (Å²) in [5.41, 5.74) is 2.62. The molecule has 3 heteroatoms. The Kier molecular flexibility index (Phi) is 4.28. The average molecular weight is 285 g/mol. The Balaban J connectivity index is 1.57. The number of benzene rings is 2. The number of thioether (sulfide) groups is 1. The minimum Gasteiger partial charge on any atom is -0.492 e. The Morgan fingerprint density at radius 2 is 1.95 bits per heavy atom. The van der Waals surface area contributed by atoms with Crippen molar-refractivity contribution in [2.75, 3.05) is 12.9 Å². The van der Waals surface area contributed by atoms with E-state index in [-0.39, 0.29) is 0 Å². The maximum absolute atomic E-state index is 5.80. The van der Waals surface area contributed by atoms with E-state index in [9.17, 15) is 0 Å². The van der Waals surface area contributed by atoms with Crippen molar-refractivity contribution in [3.05, 3.63) is 59.7 Å². The number of nitrogens with one attached hydrogen (secondary N) is 1. The summed E-state index contributed by atoms with van der Waals surface area (Å²) in [6.07, 6.45) is 3.14. The van der Waals surface area contributed by atoms with Gasteiger partial charge in [-0.2, -0.15) is 0 Å². The molecule has 0 amide bonds. The van der Waals surface area contributed by atoms with Gasteiger partial charge < -0.3 is 10.1 Å². The van der Waals surface area contributed by atoms with E-state index in [1.165, 1.54) is 16.0 Å². The summed E-state index contributed by atoms with van der Waals surface area (Å²) < 4.78 is 5.80. The molecule has 0 spiro atoms. The summed E-state index contributed by atoms with van der Waals surface area (Å²) in [6.45, 7) is 1.64. The van der Waals surface area contributed by atoms with Gasteiger partial charge in [0, 0.05) is 17.5 Å². The van der Waals surface area contributed by atoms with E-state index in [0.717, 1.165) is 25.3 Å². The molecule has 20 heavy (non-hydrogen) atoms. The maximum atomic E-state index is 5.80. The molecule has 0 aromatic heterocycles. The third kappa shape index (κ3) is 3.17. The zero-order valence-corrected chi connectivity index (χ0v) is 12.5. The number of hydrogen-bond donors (Lipinski definition) is 1. The van der Waals surface area contributed by atoms with Crippen LogP contribution in [-0.2, 0) is 13.0 Å². The van der Waals surface area contributed by atoms with E-state index in [1.807, 2.05) is 12.1 Å². The maximum Gasteiger partial charge on any atom is 0.122 e. The molecule has 2 nitrogen and oxygen atoms in total. The Morgan fingerprint density at radius 1 is 1.15 bits per heavy atom. The van der Waals surface area contributed by atoms with Crippen LogP contribution >= 0.6 is 11.8 Å². The Labute approximate surface area is 124 Å². The number of ether oxygens (including phenoxy) is 1. The normalized spacial score (nSPS) is 17.4. The van der Waals surface area contributed by atoms with Crippen LogP contribution in [0.15, 0.2) is 53.4 Å². The summed E-state index contributed by atoms with van der Waals surface area (Å²) >= 11 is 1.78. The van der Waals surface area contributed by atoms with Gasteiger partial charge in [-0.25, -0.2) is 0 Å². The van der Waals surface area contributed by atoms with Gasteiger partial charge in [0.1, 0.15) is 12.4 Å². The van der Waals surface area contributed by atoms with Crippen LogP contribution in [0.4, 0.5) is 0 Å². The average Bonchev–Trinajstić information content (AvgIpc) is 2.53. The quantitative estimate of drug-likeness (QED) is 0.869.